The molecule has 2 N–H and O–H groups in total. The molecule has 2 heterocycles. The number of thiophene rings is 1. The Morgan fingerprint density at radius 2 is 1.79 bits per heavy atom. The summed E-state index contributed by atoms with van der Waals surface area (Å²) in [6.45, 7) is 8.14. The van der Waals surface area contributed by atoms with Gasteiger partial charge in [0.25, 0.3) is 15.9 Å². The zero-order valence-corrected chi connectivity index (χ0v) is 21.4. The van der Waals surface area contributed by atoms with Gasteiger partial charge in [0, 0.05) is 30.5 Å². The van der Waals surface area contributed by atoms with E-state index in [0.717, 1.165) is 29.9 Å². The molecule has 2 aromatic carbocycles. The predicted molar refractivity (Wildman–Crippen MR) is 138 cm³/mol. The van der Waals surface area contributed by atoms with Gasteiger partial charge in [-0.25, -0.2) is 8.42 Å². The molecule has 1 aliphatic heterocycles. The maximum Gasteiger partial charge on any atom is 0.267 e. The van der Waals surface area contributed by atoms with Crippen molar-refractivity contribution in [2.45, 2.75) is 38.5 Å². The number of amides is 1. The summed E-state index contributed by atoms with van der Waals surface area (Å²) in [6, 6.07) is 9.89. The summed E-state index contributed by atoms with van der Waals surface area (Å²) < 4.78 is 33.6. The number of rotatable bonds is 7. The third kappa shape index (κ3) is 4.76. The van der Waals surface area contributed by atoms with Crippen LogP contribution in [0.1, 0.15) is 39.2 Å². The number of carbonyl (C=O) groups is 1. The van der Waals surface area contributed by atoms with Crippen LogP contribution in [0.25, 0.3) is 0 Å². The van der Waals surface area contributed by atoms with Gasteiger partial charge < -0.3 is 15.0 Å². The molecule has 0 radical (unpaired) electrons. The van der Waals surface area contributed by atoms with E-state index >= 15 is 0 Å². The normalized spacial score (nSPS) is 13.7. The van der Waals surface area contributed by atoms with Gasteiger partial charge in [0.2, 0.25) is 0 Å². The lowest BCUT2D eigenvalue weighted by Crippen LogP contribution is -2.22. The first kappa shape index (κ1) is 24.1. The first-order valence-electron chi connectivity index (χ1n) is 11.1. The van der Waals surface area contributed by atoms with E-state index in [0.29, 0.717) is 10.6 Å². The van der Waals surface area contributed by atoms with Crippen molar-refractivity contribution in [1.29, 1.82) is 0 Å². The molecule has 34 heavy (non-hydrogen) atoms. The van der Waals surface area contributed by atoms with Crippen LogP contribution in [0.2, 0.25) is 0 Å². The molecule has 1 aromatic heterocycles. The van der Waals surface area contributed by atoms with Crippen molar-refractivity contribution in [2.24, 2.45) is 0 Å². The van der Waals surface area contributed by atoms with Crippen LogP contribution in [0.4, 0.5) is 17.1 Å². The number of nitrogens with one attached hydrogen (secondary N) is 2. The minimum absolute atomic E-state index is 0.0601. The average Bonchev–Trinajstić information content (AvgIpc) is 3.49. The molecule has 0 bridgehead atoms. The Balaban J connectivity index is 1.61. The van der Waals surface area contributed by atoms with Gasteiger partial charge in [0.1, 0.15) is 10.6 Å². The van der Waals surface area contributed by atoms with Gasteiger partial charge in [-0.3, -0.25) is 9.52 Å². The first-order valence-corrected chi connectivity index (χ1v) is 13.5. The lowest BCUT2D eigenvalue weighted by Gasteiger charge is -2.26. The summed E-state index contributed by atoms with van der Waals surface area (Å²) >= 11 is 1.19. The molecule has 1 saturated heterocycles. The summed E-state index contributed by atoms with van der Waals surface area (Å²) in [5.74, 6) is 0.0889. The highest BCUT2D eigenvalue weighted by molar-refractivity contribution is 7.92. The van der Waals surface area contributed by atoms with Gasteiger partial charge in [-0.15, -0.1) is 11.3 Å². The summed E-state index contributed by atoms with van der Waals surface area (Å²) in [7, 11) is -2.42. The van der Waals surface area contributed by atoms with Crippen molar-refractivity contribution in [2.75, 3.05) is 35.1 Å². The van der Waals surface area contributed by atoms with Crippen molar-refractivity contribution < 1.29 is 17.9 Å². The largest absolute Gasteiger partial charge is 0.497 e. The van der Waals surface area contributed by atoms with Crippen molar-refractivity contribution in [3.05, 3.63) is 63.3 Å². The van der Waals surface area contributed by atoms with Crippen molar-refractivity contribution in [1.82, 2.24) is 0 Å². The molecule has 180 valence electrons. The van der Waals surface area contributed by atoms with Gasteiger partial charge in [0.05, 0.1) is 17.7 Å². The number of hydrogen-bond acceptors (Lipinski definition) is 6. The van der Waals surface area contributed by atoms with E-state index in [1.807, 2.05) is 13.8 Å². The van der Waals surface area contributed by atoms with E-state index in [1.165, 1.54) is 54.7 Å². The topological polar surface area (TPSA) is 87.7 Å². The highest BCUT2D eigenvalue weighted by Crippen LogP contribution is 2.36. The van der Waals surface area contributed by atoms with E-state index in [2.05, 4.69) is 27.9 Å². The molecule has 1 aliphatic rings. The number of nitrogens with zero attached hydrogens (tertiary/aromatic N) is 1. The fourth-order valence-electron chi connectivity index (χ4n) is 4.50. The van der Waals surface area contributed by atoms with E-state index in [4.69, 9.17) is 4.74 Å². The van der Waals surface area contributed by atoms with E-state index in [-0.39, 0.29) is 16.5 Å². The molecule has 1 amide bonds. The Bertz CT molecular complexity index is 1330. The van der Waals surface area contributed by atoms with E-state index in [9.17, 15) is 13.2 Å². The van der Waals surface area contributed by atoms with Crippen LogP contribution in [0.3, 0.4) is 0 Å². The van der Waals surface area contributed by atoms with Gasteiger partial charge >= 0.3 is 0 Å². The monoisotopic (exact) mass is 499 g/mol. The highest BCUT2D eigenvalue weighted by Gasteiger charge is 2.24. The van der Waals surface area contributed by atoms with Crippen LogP contribution >= 0.6 is 11.3 Å². The number of benzene rings is 2. The summed E-state index contributed by atoms with van der Waals surface area (Å²) in [5, 5.41) is 4.74. The fraction of sp³-hybridized carbons (Fsp3) is 0.320. The van der Waals surface area contributed by atoms with Crippen LogP contribution in [-0.2, 0) is 10.0 Å². The predicted octanol–water partition coefficient (Wildman–Crippen LogP) is 5.34. The third-order valence-corrected chi connectivity index (χ3v) is 8.34. The van der Waals surface area contributed by atoms with Crippen molar-refractivity contribution in [3.8, 4) is 5.75 Å². The molecular formula is C25H29N3O4S2. The Kier molecular flexibility index (Phi) is 6.86. The number of anilines is 3. The molecule has 9 heteroatoms. The van der Waals surface area contributed by atoms with Crippen molar-refractivity contribution in [3.63, 3.8) is 0 Å². The first-order chi connectivity index (χ1) is 16.2. The molecule has 0 saturated carbocycles. The second kappa shape index (κ2) is 9.68. The van der Waals surface area contributed by atoms with E-state index in [1.54, 1.807) is 23.6 Å². The summed E-state index contributed by atoms with van der Waals surface area (Å²) in [5.41, 5.74) is 5.38. The standard InChI is InChI=1S/C25H29N3O4S2/c1-16-14-17(2)23(28-11-5-6-12-28)18(3)22(16)26-25(29)24-21(10-13-33-24)27-34(30,31)20-9-7-8-19(15-20)32-4/h7-10,13-15,27H,5-6,11-12H2,1-4H3,(H,26,29). The Morgan fingerprint density at radius 1 is 1.06 bits per heavy atom. The summed E-state index contributed by atoms with van der Waals surface area (Å²) in [4.78, 5) is 16.0. The van der Waals surface area contributed by atoms with Crippen LogP contribution in [0, 0.1) is 20.8 Å². The molecule has 0 unspecified atom stereocenters. The zero-order chi connectivity index (χ0) is 24.5. The Hall–Kier alpha value is -3.04. The van der Waals surface area contributed by atoms with Crippen LogP contribution in [0.15, 0.2) is 46.7 Å². The van der Waals surface area contributed by atoms with Crippen LogP contribution in [0.5, 0.6) is 5.75 Å². The second-order valence-corrected chi connectivity index (χ2v) is 11.1. The number of ether oxygens (including phenoxy) is 1. The highest BCUT2D eigenvalue weighted by atomic mass is 32.2. The van der Waals surface area contributed by atoms with Gasteiger partial charge in [-0.2, -0.15) is 0 Å². The molecule has 7 nitrogen and oxygen atoms in total. The zero-order valence-electron chi connectivity index (χ0n) is 19.8. The van der Waals surface area contributed by atoms with Gasteiger partial charge in [0.15, 0.2) is 0 Å². The SMILES string of the molecule is COc1cccc(S(=O)(=O)Nc2ccsc2C(=O)Nc2c(C)cc(C)c(N3CCCC3)c2C)c1. The molecule has 0 atom stereocenters. The third-order valence-electron chi connectivity index (χ3n) is 6.06. The van der Waals surface area contributed by atoms with Crippen LogP contribution in [-0.4, -0.2) is 34.5 Å². The lowest BCUT2D eigenvalue weighted by atomic mass is 10.0. The number of methoxy groups -OCH3 is 1. The molecule has 4 rings (SSSR count). The smallest absolute Gasteiger partial charge is 0.267 e. The Labute approximate surface area is 204 Å². The average molecular weight is 500 g/mol. The molecule has 3 aromatic rings. The van der Waals surface area contributed by atoms with Crippen LogP contribution < -0.4 is 19.7 Å². The summed E-state index contributed by atoms with van der Waals surface area (Å²) in [6.07, 6.45) is 2.33. The van der Waals surface area contributed by atoms with Gasteiger partial charge in [-0.05, 0) is 73.9 Å². The number of aryl methyl sites for hydroxylation is 2. The number of carbonyl (C=O) groups excluding carboxylic acids is 1. The lowest BCUT2D eigenvalue weighted by molar-refractivity contribution is 0.103. The number of sulfonamides is 1. The molecule has 1 fully saturated rings. The molecule has 0 aliphatic carbocycles. The number of hydrogen-bond donors (Lipinski definition) is 2. The maximum atomic E-state index is 13.3. The van der Waals surface area contributed by atoms with E-state index < -0.39 is 10.0 Å². The second-order valence-electron chi connectivity index (χ2n) is 8.46. The minimum atomic E-state index is -3.89. The fourth-order valence-corrected chi connectivity index (χ4v) is 6.42. The Morgan fingerprint density at radius 3 is 2.50 bits per heavy atom. The minimum Gasteiger partial charge on any atom is -0.497 e. The van der Waals surface area contributed by atoms with Gasteiger partial charge in [-0.1, -0.05) is 12.1 Å². The quantitative estimate of drug-likeness (QED) is 0.458. The maximum absolute atomic E-state index is 13.3. The molecular weight excluding hydrogens is 470 g/mol. The molecule has 0 spiro atoms. The van der Waals surface area contributed by atoms with Crippen molar-refractivity contribution >= 4 is 44.3 Å².